The van der Waals surface area contributed by atoms with E-state index in [1.807, 2.05) is 51.1 Å². The van der Waals surface area contributed by atoms with Gasteiger partial charge < -0.3 is 25.6 Å². The van der Waals surface area contributed by atoms with Crippen LogP contribution in [0.15, 0.2) is 64.4 Å². The van der Waals surface area contributed by atoms with E-state index in [0.717, 1.165) is 26.9 Å². The Labute approximate surface area is 212 Å². The van der Waals surface area contributed by atoms with E-state index in [2.05, 4.69) is 29.6 Å². The topological polar surface area (TPSA) is 93.8 Å². The van der Waals surface area contributed by atoms with Crippen molar-refractivity contribution in [1.29, 1.82) is 0 Å². The molecule has 0 bridgehead atoms. The Hall–Kier alpha value is -1.71. The highest BCUT2D eigenvalue weighted by atomic mass is 32.2. The van der Waals surface area contributed by atoms with Crippen molar-refractivity contribution in [3.8, 4) is 0 Å². The Balaban J connectivity index is 1.82. The molecule has 0 heterocycles. The number of carbonyl (C=O) groups excluding carboxylic acids is 1. The highest BCUT2D eigenvalue weighted by molar-refractivity contribution is 7.99. The van der Waals surface area contributed by atoms with Gasteiger partial charge in [-0.2, -0.15) is 0 Å². The number of amides is 1. The number of aliphatic hydroxyl groups excluding tert-OH is 1. The third-order valence-electron chi connectivity index (χ3n) is 4.66. The molecule has 34 heavy (non-hydrogen) atoms. The molecule has 0 unspecified atom stereocenters. The first kappa shape index (κ1) is 28.5. The lowest BCUT2D eigenvalue weighted by atomic mass is 10.2. The minimum absolute atomic E-state index is 0.0157. The number of hydrogen-bond acceptors (Lipinski definition) is 7. The fourth-order valence-corrected chi connectivity index (χ4v) is 4.95. The summed E-state index contributed by atoms with van der Waals surface area (Å²) in [7, 11) is 0. The van der Waals surface area contributed by atoms with Crippen LogP contribution >= 0.6 is 23.5 Å². The number of nitrogens with two attached hydrogens (primary N) is 1. The Morgan fingerprint density at radius 2 is 1.74 bits per heavy atom. The molecule has 6 nitrogen and oxygen atoms in total. The predicted octanol–water partition coefficient (Wildman–Crippen LogP) is 5.08. The number of thioether (sulfide) groups is 2. The Bertz CT molecular complexity index is 846. The number of carbonyl (C=O) groups is 1. The van der Waals surface area contributed by atoms with Crippen molar-refractivity contribution >= 4 is 29.6 Å². The number of rotatable bonds is 14. The van der Waals surface area contributed by atoms with Crippen LogP contribution in [0.5, 0.6) is 0 Å². The largest absolute Gasteiger partial charge is 0.444 e. The van der Waals surface area contributed by atoms with Crippen molar-refractivity contribution in [2.24, 2.45) is 5.73 Å². The monoisotopic (exact) mass is 506 g/mol. The fraction of sp³-hybridized carbons (Fsp3) is 0.500. The molecule has 0 saturated carbocycles. The van der Waals surface area contributed by atoms with Gasteiger partial charge in [0, 0.05) is 46.6 Å². The molecule has 0 spiro atoms. The van der Waals surface area contributed by atoms with E-state index < -0.39 is 11.7 Å². The average Bonchev–Trinajstić information content (AvgIpc) is 2.78. The van der Waals surface area contributed by atoms with Crippen LogP contribution < -0.4 is 11.1 Å². The lowest BCUT2D eigenvalue weighted by Crippen LogP contribution is -2.41. The number of ether oxygens (including phenoxy) is 2. The van der Waals surface area contributed by atoms with Crippen LogP contribution in [0.2, 0.25) is 0 Å². The minimum Gasteiger partial charge on any atom is -0.444 e. The van der Waals surface area contributed by atoms with Gasteiger partial charge in [0.15, 0.2) is 0 Å². The van der Waals surface area contributed by atoms with Crippen LogP contribution in [-0.2, 0) is 16.1 Å². The molecular weight excluding hydrogens is 468 g/mol. The lowest BCUT2D eigenvalue weighted by molar-refractivity contribution is 0.0491. The maximum absolute atomic E-state index is 12.3. The van der Waals surface area contributed by atoms with Crippen molar-refractivity contribution in [3.05, 3.63) is 60.2 Å². The molecule has 0 aromatic heterocycles. The van der Waals surface area contributed by atoms with Crippen molar-refractivity contribution in [1.82, 2.24) is 5.32 Å². The average molecular weight is 507 g/mol. The molecule has 1 amide bonds. The summed E-state index contributed by atoms with van der Waals surface area (Å²) in [5.41, 5.74) is 6.54. The normalized spacial score (nSPS) is 13.3. The molecule has 0 aliphatic carbocycles. The van der Waals surface area contributed by atoms with Crippen LogP contribution in [0.4, 0.5) is 4.79 Å². The van der Waals surface area contributed by atoms with Gasteiger partial charge in [-0.15, -0.1) is 23.5 Å². The summed E-state index contributed by atoms with van der Waals surface area (Å²) in [6, 6.07) is 18.3. The van der Waals surface area contributed by atoms with Gasteiger partial charge in [0.2, 0.25) is 0 Å². The van der Waals surface area contributed by atoms with Crippen LogP contribution in [0.3, 0.4) is 0 Å². The number of hydrogen-bond donors (Lipinski definition) is 3. The molecule has 0 aliphatic heterocycles. The van der Waals surface area contributed by atoms with E-state index in [-0.39, 0.29) is 18.7 Å². The molecule has 2 atom stereocenters. The number of benzene rings is 2. The molecule has 0 fully saturated rings. The van der Waals surface area contributed by atoms with Gasteiger partial charge in [-0.05, 0) is 63.4 Å². The first-order valence-corrected chi connectivity index (χ1v) is 13.6. The zero-order valence-electron chi connectivity index (χ0n) is 20.4. The quantitative estimate of drug-likeness (QED) is 0.243. The first-order valence-electron chi connectivity index (χ1n) is 11.6. The summed E-state index contributed by atoms with van der Waals surface area (Å²) in [5, 5.41) is 12.0. The fourth-order valence-electron chi connectivity index (χ4n) is 2.98. The zero-order chi connectivity index (χ0) is 24.8. The molecule has 2 rings (SSSR count). The van der Waals surface area contributed by atoms with Crippen LogP contribution in [0, 0.1) is 0 Å². The van der Waals surface area contributed by atoms with E-state index in [1.165, 1.54) is 0 Å². The summed E-state index contributed by atoms with van der Waals surface area (Å²) in [6.07, 6.45) is 0.885. The van der Waals surface area contributed by atoms with Crippen LogP contribution in [0.1, 0.15) is 39.2 Å². The third-order valence-corrected chi connectivity index (χ3v) is 7.01. The maximum atomic E-state index is 12.3. The lowest BCUT2D eigenvalue weighted by Gasteiger charge is -2.23. The summed E-state index contributed by atoms with van der Waals surface area (Å²) >= 11 is 3.39. The first-order chi connectivity index (χ1) is 16.2. The Morgan fingerprint density at radius 3 is 2.44 bits per heavy atom. The summed E-state index contributed by atoms with van der Waals surface area (Å²) in [5.74, 6) is 1.49. The van der Waals surface area contributed by atoms with Crippen LogP contribution in [-0.4, -0.2) is 53.6 Å². The van der Waals surface area contributed by atoms with Gasteiger partial charge in [-0.1, -0.05) is 30.3 Å². The molecule has 188 valence electrons. The summed E-state index contributed by atoms with van der Waals surface area (Å²) in [4.78, 5) is 14.6. The van der Waals surface area contributed by atoms with E-state index >= 15 is 0 Å². The second-order valence-electron chi connectivity index (χ2n) is 9.04. The van der Waals surface area contributed by atoms with E-state index in [1.54, 1.807) is 23.5 Å². The highest BCUT2D eigenvalue weighted by Crippen LogP contribution is 2.22. The smallest absolute Gasteiger partial charge is 0.407 e. The van der Waals surface area contributed by atoms with Gasteiger partial charge in [-0.25, -0.2) is 4.79 Å². The van der Waals surface area contributed by atoms with Crippen molar-refractivity contribution in [2.45, 2.75) is 67.7 Å². The maximum Gasteiger partial charge on any atom is 0.407 e. The predicted molar refractivity (Wildman–Crippen MR) is 141 cm³/mol. The second-order valence-corrected chi connectivity index (χ2v) is 11.2. The standard InChI is InChI=1S/C26H38N2O4S2/c1-26(2,3)32-25(30)28-22(19-34-23-9-5-4-6-10-23)13-15-31-17-20-8-7-11-24(16-20)33-18-21(27)12-14-29/h4-11,16,21-22,29H,12-15,17-19,27H2,1-3H3,(H,28,30)/t21-,22-/m1/s1. The summed E-state index contributed by atoms with van der Waals surface area (Å²) < 4.78 is 11.4. The highest BCUT2D eigenvalue weighted by Gasteiger charge is 2.19. The van der Waals surface area contributed by atoms with E-state index in [0.29, 0.717) is 26.1 Å². The van der Waals surface area contributed by atoms with Crippen LogP contribution in [0.25, 0.3) is 0 Å². The molecule has 8 heteroatoms. The zero-order valence-corrected chi connectivity index (χ0v) is 22.0. The molecule has 2 aromatic carbocycles. The third kappa shape index (κ3) is 12.7. The molecule has 2 aromatic rings. The molecule has 0 radical (unpaired) electrons. The summed E-state index contributed by atoms with van der Waals surface area (Å²) in [6.45, 7) is 6.71. The molecule has 0 saturated heterocycles. The van der Waals surface area contributed by atoms with Gasteiger partial charge in [-0.3, -0.25) is 0 Å². The van der Waals surface area contributed by atoms with Crippen molar-refractivity contribution in [3.63, 3.8) is 0 Å². The Morgan fingerprint density at radius 1 is 1.03 bits per heavy atom. The van der Waals surface area contributed by atoms with Crippen molar-refractivity contribution < 1.29 is 19.4 Å². The van der Waals surface area contributed by atoms with Gasteiger partial charge in [0.1, 0.15) is 5.60 Å². The van der Waals surface area contributed by atoms with E-state index in [9.17, 15) is 4.79 Å². The van der Waals surface area contributed by atoms with Gasteiger partial charge in [0.05, 0.1) is 6.61 Å². The van der Waals surface area contributed by atoms with Crippen molar-refractivity contribution in [2.75, 3.05) is 24.7 Å². The van der Waals surface area contributed by atoms with E-state index in [4.69, 9.17) is 20.3 Å². The van der Waals surface area contributed by atoms with Gasteiger partial charge in [0.25, 0.3) is 0 Å². The number of aliphatic hydroxyl groups is 1. The number of nitrogens with one attached hydrogen (secondary N) is 1. The number of alkyl carbamates (subject to hydrolysis) is 1. The minimum atomic E-state index is -0.539. The Kier molecular flexibility index (Phi) is 12.9. The van der Waals surface area contributed by atoms with Gasteiger partial charge >= 0.3 is 6.09 Å². The molecule has 4 N–H and O–H groups in total. The molecular formula is C26H38N2O4S2. The molecule has 0 aliphatic rings. The second kappa shape index (κ2) is 15.3. The SMILES string of the molecule is CC(C)(C)OC(=O)N[C@H](CCOCc1cccc(SC[C@H](N)CCO)c1)CSc1ccccc1.